The summed E-state index contributed by atoms with van der Waals surface area (Å²) in [6.45, 7) is 2.44. The molecule has 0 radical (unpaired) electrons. The second-order valence-corrected chi connectivity index (χ2v) is 5.23. The van der Waals surface area contributed by atoms with Gasteiger partial charge in [-0.25, -0.2) is 0 Å². The average molecular weight is 186 g/mol. The Morgan fingerprint density at radius 3 is 2.43 bits per heavy atom. The predicted molar refractivity (Wildman–Crippen MR) is 59.2 cm³/mol. The zero-order valence-corrected chi connectivity index (χ0v) is 8.82. The third-order valence-corrected chi connectivity index (χ3v) is 4.37. The van der Waals surface area contributed by atoms with Crippen molar-refractivity contribution < 1.29 is 0 Å². The number of hydrogen-bond acceptors (Lipinski definition) is 0. The van der Waals surface area contributed by atoms with Crippen molar-refractivity contribution in [2.24, 2.45) is 17.8 Å². The summed E-state index contributed by atoms with van der Waals surface area (Å²) in [4.78, 5) is 0. The normalized spacial score (nSPS) is 40.4. The van der Waals surface area contributed by atoms with Gasteiger partial charge in [0, 0.05) is 0 Å². The molecule has 2 fully saturated rings. The van der Waals surface area contributed by atoms with E-state index in [0.29, 0.717) is 0 Å². The van der Waals surface area contributed by atoms with Gasteiger partial charge in [0.15, 0.2) is 0 Å². The molecule has 1 aromatic rings. The third-order valence-electron chi connectivity index (χ3n) is 4.37. The van der Waals surface area contributed by atoms with Crippen molar-refractivity contribution >= 4 is 0 Å². The van der Waals surface area contributed by atoms with E-state index in [9.17, 15) is 0 Å². The van der Waals surface area contributed by atoms with Crippen LogP contribution in [-0.2, 0) is 0 Å². The molecule has 3 rings (SSSR count). The second-order valence-electron chi connectivity index (χ2n) is 5.23. The van der Waals surface area contributed by atoms with Crippen molar-refractivity contribution in [3.05, 3.63) is 35.9 Å². The van der Waals surface area contributed by atoms with Crippen LogP contribution in [-0.4, -0.2) is 0 Å². The average Bonchev–Trinajstić information content (AvgIpc) is 2.77. The summed E-state index contributed by atoms with van der Waals surface area (Å²) >= 11 is 0. The molecule has 4 atom stereocenters. The molecule has 2 saturated carbocycles. The van der Waals surface area contributed by atoms with Gasteiger partial charge in [-0.3, -0.25) is 0 Å². The van der Waals surface area contributed by atoms with Crippen LogP contribution >= 0.6 is 0 Å². The number of fused-ring (bicyclic) bond motifs is 2. The SMILES string of the molecule is C[C@H]1CC2CC1[C@H](c1ccccc1)C2. The standard InChI is InChI=1S/C14H18/c1-10-7-11-8-13(10)14(9-11)12-5-3-2-4-6-12/h2-6,10-11,13-14H,7-9H2,1H3/t10-,11?,13?,14-/m0/s1. The lowest BCUT2D eigenvalue weighted by Gasteiger charge is -2.27. The molecule has 0 heteroatoms. The van der Waals surface area contributed by atoms with Crippen molar-refractivity contribution in [2.45, 2.75) is 32.1 Å². The lowest BCUT2D eigenvalue weighted by Crippen LogP contribution is -2.16. The van der Waals surface area contributed by atoms with Gasteiger partial charge >= 0.3 is 0 Å². The number of rotatable bonds is 1. The zero-order valence-electron chi connectivity index (χ0n) is 8.82. The largest absolute Gasteiger partial charge is 0.0622 e. The molecule has 2 bridgehead atoms. The van der Waals surface area contributed by atoms with Crippen LogP contribution in [0.2, 0.25) is 0 Å². The molecule has 0 nitrogen and oxygen atoms in total. The molecular formula is C14H18. The highest BCUT2D eigenvalue weighted by molar-refractivity contribution is 5.23. The molecule has 0 aliphatic heterocycles. The van der Waals surface area contributed by atoms with Gasteiger partial charge in [-0.1, -0.05) is 37.3 Å². The van der Waals surface area contributed by atoms with Crippen molar-refractivity contribution in [2.75, 3.05) is 0 Å². The highest BCUT2D eigenvalue weighted by Gasteiger charge is 2.44. The highest BCUT2D eigenvalue weighted by atomic mass is 14.5. The van der Waals surface area contributed by atoms with E-state index in [1.807, 2.05) is 0 Å². The van der Waals surface area contributed by atoms with Gasteiger partial charge in [0.1, 0.15) is 0 Å². The lowest BCUT2D eigenvalue weighted by molar-refractivity contribution is 0.317. The first-order valence-corrected chi connectivity index (χ1v) is 5.89. The number of benzene rings is 1. The predicted octanol–water partition coefficient (Wildman–Crippen LogP) is 3.84. The van der Waals surface area contributed by atoms with Crippen LogP contribution in [0.1, 0.15) is 37.7 Å². The summed E-state index contributed by atoms with van der Waals surface area (Å²) in [6.07, 6.45) is 4.45. The van der Waals surface area contributed by atoms with E-state index in [1.165, 1.54) is 19.3 Å². The fourth-order valence-corrected chi connectivity index (χ4v) is 3.78. The quantitative estimate of drug-likeness (QED) is 0.625. The van der Waals surface area contributed by atoms with Crippen LogP contribution in [0, 0.1) is 17.8 Å². The van der Waals surface area contributed by atoms with Crippen LogP contribution in [0.3, 0.4) is 0 Å². The molecule has 0 N–H and O–H groups in total. The first-order valence-electron chi connectivity index (χ1n) is 5.89. The van der Waals surface area contributed by atoms with Crippen molar-refractivity contribution in [1.82, 2.24) is 0 Å². The Balaban J connectivity index is 1.88. The van der Waals surface area contributed by atoms with Crippen LogP contribution in [0.5, 0.6) is 0 Å². The van der Waals surface area contributed by atoms with Crippen LogP contribution in [0.4, 0.5) is 0 Å². The van der Waals surface area contributed by atoms with Gasteiger partial charge in [0.25, 0.3) is 0 Å². The molecule has 2 aliphatic rings. The Bertz CT molecular complexity index is 314. The molecule has 74 valence electrons. The molecule has 1 aromatic carbocycles. The van der Waals surface area contributed by atoms with E-state index in [1.54, 1.807) is 5.56 Å². The Hall–Kier alpha value is -0.780. The van der Waals surface area contributed by atoms with Crippen molar-refractivity contribution in [3.63, 3.8) is 0 Å². The smallest absolute Gasteiger partial charge is 0.0128 e. The zero-order chi connectivity index (χ0) is 9.54. The molecule has 2 unspecified atom stereocenters. The highest BCUT2D eigenvalue weighted by Crippen LogP contribution is 2.55. The monoisotopic (exact) mass is 186 g/mol. The summed E-state index contributed by atoms with van der Waals surface area (Å²) in [7, 11) is 0. The summed E-state index contributed by atoms with van der Waals surface area (Å²) in [6, 6.07) is 11.1. The molecule has 0 spiro atoms. The summed E-state index contributed by atoms with van der Waals surface area (Å²) in [5, 5.41) is 0. The minimum atomic E-state index is 0.880. The van der Waals surface area contributed by atoms with Crippen LogP contribution < -0.4 is 0 Å². The van der Waals surface area contributed by atoms with E-state index < -0.39 is 0 Å². The molecule has 2 aliphatic carbocycles. The molecule has 0 heterocycles. The number of hydrogen-bond donors (Lipinski definition) is 0. The van der Waals surface area contributed by atoms with E-state index in [4.69, 9.17) is 0 Å². The van der Waals surface area contributed by atoms with Crippen molar-refractivity contribution in [1.29, 1.82) is 0 Å². The fourth-order valence-electron chi connectivity index (χ4n) is 3.78. The Morgan fingerprint density at radius 2 is 1.79 bits per heavy atom. The summed E-state index contributed by atoms with van der Waals surface area (Å²) < 4.78 is 0. The fraction of sp³-hybridized carbons (Fsp3) is 0.571. The van der Waals surface area contributed by atoms with Gasteiger partial charge in [0.2, 0.25) is 0 Å². The topological polar surface area (TPSA) is 0 Å². The van der Waals surface area contributed by atoms with E-state index in [-0.39, 0.29) is 0 Å². The second kappa shape index (κ2) is 3.12. The molecular weight excluding hydrogens is 168 g/mol. The Labute approximate surface area is 86.3 Å². The maximum atomic E-state index is 2.44. The Kier molecular flexibility index (Phi) is 1.90. The van der Waals surface area contributed by atoms with Gasteiger partial charge < -0.3 is 0 Å². The van der Waals surface area contributed by atoms with Gasteiger partial charge in [-0.15, -0.1) is 0 Å². The first kappa shape index (κ1) is 8.52. The van der Waals surface area contributed by atoms with Crippen LogP contribution in [0.25, 0.3) is 0 Å². The van der Waals surface area contributed by atoms with Gasteiger partial charge in [-0.2, -0.15) is 0 Å². The third kappa shape index (κ3) is 1.20. The molecule has 0 saturated heterocycles. The Morgan fingerprint density at radius 1 is 1.00 bits per heavy atom. The molecule has 0 amide bonds. The van der Waals surface area contributed by atoms with E-state index in [0.717, 1.165) is 23.7 Å². The maximum Gasteiger partial charge on any atom is -0.0128 e. The van der Waals surface area contributed by atoms with Gasteiger partial charge in [-0.05, 0) is 48.5 Å². The minimum Gasteiger partial charge on any atom is -0.0622 e. The minimum absolute atomic E-state index is 0.880. The van der Waals surface area contributed by atoms with Crippen molar-refractivity contribution in [3.8, 4) is 0 Å². The molecule has 0 aromatic heterocycles. The first-order chi connectivity index (χ1) is 6.84. The van der Waals surface area contributed by atoms with E-state index >= 15 is 0 Å². The summed E-state index contributed by atoms with van der Waals surface area (Å²) in [5.41, 5.74) is 1.59. The maximum absolute atomic E-state index is 2.44. The summed E-state index contributed by atoms with van der Waals surface area (Å²) in [5.74, 6) is 3.88. The van der Waals surface area contributed by atoms with E-state index in [2.05, 4.69) is 37.3 Å². The lowest BCUT2D eigenvalue weighted by atomic mass is 9.78. The van der Waals surface area contributed by atoms with Gasteiger partial charge in [0.05, 0.1) is 0 Å². The molecule has 14 heavy (non-hydrogen) atoms. The van der Waals surface area contributed by atoms with Crippen LogP contribution in [0.15, 0.2) is 30.3 Å².